The summed E-state index contributed by atoms with van der Waals surface area (Å²) in [7, 11) is 0. The van der Waals surface area contributed by atoms with Gasteiger partial charge in [-0.25, -0.2) is 0 Å². The third kappa shape index (κ3) is 5.07. The first-order valence-corrected chi connectivity index (χ1v) is 10.3. The molecule has 0 radical (unpaired) electrons. The summed E-state index contributed by atoms with van der Waals surface area (Å²) in [5.41, 5.74) is 2.56. The molecule has 4 rings (SSSR count). The highest BCUT2D eigenvalue weighted by Gasteiger charge is 2.22. The van der Waals surface area contributed by atoms with Crippen LogP contribution < -0.4 is 10.6 Å². The fraction of sp³-hybridized carbons (Fsp3) is 0.120. The molecule has 0 unspecified atom stereocenters. The molecule has 1 heterocycles. The highest BCUT2D eigenvalue weighted by Crippen LogP contribution is 2.24. The molecule has 2 N–H and O–H groups in total. The number of rotatable bonds is 8. The lowest BCUT2D eigenvalue weighted by Crippen LogP contribution is -2.37. The van der Waals surface area contributed by atoms with Gasteiger partial charge in [-0.15, -0.1) is 0 Å². The van der Waals surface area contributed by atoms with E-state index in [1.807, 2.05) is 91.0 Å². The van der Waals surface area contributed by atoms with Crippen molar-refractivity contribution >= 4 is 11.8 Å². The lowest BCUT2D eigenvalue weighted by Gasteiger charge is -2.18. The maximum absolute atomic E-state index is 13.0. The van der Waals surface area contributed by atoms with Crippen molar-refractivity contribution in [3.63, 3.8) is 0 Å². The first kappa shape index (κ1) is 21.0. The summed E-state index contributed by atoms with van der Waals surface area (Å²) >= 11 is 0. The highest BCUT2D eigenvalue weighted by atomic mass is 16.5. The van der Waals surface area contributed by atoms with Gasteiger partial charge in [0.2, 0.25) is 11.7 Å². The van der Waals surface area contributed by atoms with Crippen LogP contribution in [0.5, 0.6) is 0 Å². The van der Waals surface area contributed by atoms with Gasteiger partial charge in [-0.05, 0) is 11.1 Å². The second-order valence-electron chi connectivity index (χ2n) is 7.09. The van der Waals surface area contributed by atoms with Crippen LogP contribution in [0, 0.1) is 0 Å². The second-order valence-corrected chi connectivity index (χ2v) is 7.09. The quantitative estimate of drug-likeness (QED) is 0.421. The molecule has 7 nitrogen and oxygen atoms in total. The number of amides is 2. The van der Waals surface area contributed by atoms with Crippen molar-refractivity contribution in [2.24, 2.45) is 0 Å². The largest absolute Gasteiger partial charge is 0.354 e. The van der Waals surface area contributed by atoms with E-state index in [0.717, 1.165) is 16.7 Å². The van der Waals surface area contributed by atoms with Crippen molar-refractivity contribution in [3.8, 4) is 11.4 Å². The number of nitrogens with one attached hydrogen (secondary N) is 2. The van der Waals surface area contributed by atoms with E-state index in [-0.39, 0.29) is 24.9 Å². The van der Waals surface area contributed by atoms with Crippen LogP contribution in [-0.4, -0.2) is 35.0 Å². The van der Waals surface area contributed by atoms with Crippen LogP contribution in [-0.2, 0) is 4.79 Å². The standard InChI is InChI=1S/C25H22N4O3/c30-23(21(18-10-4-1-5-11-18)19-12-6-2-7-13-19)26-16-17-27-24(31)25-28-22(29-32-25)20-14-8-3-9-15-20/h1-15,21H,16-17H2,(H,26,30)(H,27,31). The van der Waals surface area contributed by atoms with E-state index in [2.05, 4.69) is 20.8 Å². The van der Waals surface area contributed by atoms with Crippen LogP contribution >= 0.6 is 0 Å². The molecular weight excluding hydrogens is 404 g/mol. The zero-order valence-corrected chi connectivity index (χ0v) is 17.3. The lowest BCUT2D eigenvalue weighted by molar-refractivity contribution is -0.121. The number of carbonyl (C=O) groups is 2. The number of hydrogen-bond donors (Lipinski definition) is 2. The molecule has 4 aromatic rings. The smallest absolute Gasteiger partial charge is 0.316 e. The summed E-state index contributed by atoms with van der Waals surface area (Å²) in [6.07, 6.45) is 0. The Labute approximate surface area is 185 Å². The number of aromatic nitrogens is 2. The van der Waals surface area contributed by atoms with Gasteiger partial charge in [-0.2, -0.15) is 4.98 Å². The summed E-state index contributed by atoms with van der Waals surface area (Å²) in [4.78, 5) is 29.4. The third-order valence-corrected chi connectivity index (χ3v) is 4.89. The van der Waals surface area contributed by atoms with Gasteiger partial charge in [0.15, 0.2) is 0 Å². The van der Waals surface area contributed by atoms with Crippen LogP contribution in [0.4, 0.5) is 0 Å². The maximum Gasteiger partial charge on any atom is 0.316 e. The summed E-state index contributed by atoms with van der Waals surface area (Å²) in [5.74, 6) is -0.839. The van der Waals surface area contributed by atoms with E-state index < -0.39 is 11.8 Å². The zero-order valence-electron chi connectivity index (χ0n) is 17.3. The zero-order chi connectivity index (χ0) is 22.2. The summed E-state index contributed by atoms with van der Waals surface area (Å²) in [6.45, 7) is 0.490. The Bertz CT molecular complexity index is 1120. The molecule has 0 fully saturated rings. The number of carbonyl (C=O) groups excluding carboxylic acids is 2. The van der Waals surface area contributed by atoms with Crippen molar-refractivity contribution in [2.45, 2.75) is 5.92 Å². The Balaban J connectivity index is 1.33. The predicted molar refractivity (Wildman–Crippen MR) is 120 cm³/mol. The first-order chi connectivity index (χ1) is 15.7. The molecule has 0 aliphatic carbocycles. The number of nitrogens with zero attached hydrogens (tertiary/aromatic N) is 2. The van der Waals surface area contributed by atoms with E-state index >= 15 is 0 Å². The van der Waals surface area contributed by atoms with E-state index in [0.29, 0.717) is 5.82 Å². The predicted octanol–water partition coefficient (Wildman–Crippen LogP) is 3.41. The first-order valence-electron chi connectivity index (χ1n) is 10.3. The monoisotopic (exact) mass is 426 g/mol. The van der Waals surface area contributed by atoms with Gasteiger partial charge in [0.05, 0.1) is 5.92 Å². The Morgan fingerprint density at radius 3 is 1.88 bits per heavy atom. The van der Waals surface area contributed by atoms with Crippen molar-refractivity contribution < 1.29 is 14.1 Å². The van der Waals surface area contributed by atoms with Gasteiger partial charge >= 0.3 is 11.8 Å². The van der Waals surface area contributed by atoms with Crippen LogP contribution in [0.2, 0.25) is 0 Å². The van der Waals surface area contributed by atoms with Gasteiger partial charge < -0.3 is 15.2 Å². The van der Waals surface area contributed by atoms with E-state index in [1.54, 1.807) is 0 Å². The number of hydrogen-bond acceptors (Lipinski definition) is 5. The van der Waals surface area contributed by atoms with E-state index in [4.69, 9.17) is 4.52 Å². The molecule has 0 aliphatic heterocycles. The fourth-order valence-corrected chi connectivity index (χ4v) is 3.35. The normalized spacial score (nSPS) is 10.7. The fourth-order valence-electron chi connectivity index (χ4n) is 3.35. The van der Waals surface area contributed by atoms with E-state index in [9.17, 15) is 9.59 Å². The number of benzene rings is 3. The molecule has 3 aromatic carbocycles. The molecule has 2 amide bonds. The van der Waals surface area contributed by atoms with Gasteiger partial charge in [-0.3, -0.25) is 9.59 Å². The molecule has 0 saturated carbocycles. The molecule has 0 spiro atoms. The molecule has 1 aromatic heterocycles. The van der Waals surface area contributed by atoms with Crippen LogP contribution in [0.15, 0.2) is 95.5 Å². The SMILES string of the molecule is O=C(NCCNC(=O)C(c1ccccc1)c1ccccc1)c1nc(-c2ccccc2)no1. The van der Waals surface area contributed by atoms with Crippen molar-refractivity contribution in [1.29, 1.82) is 0 Å². The molecule has 0 bridgehead atoms. The Kier molecular flexibility index (Phi) is 6.67. The minimum absolute atomic E-state index is 0.123. The second kappa shape index (κ2) is 10.2. The van der Waals surface area contributed by atoms with Crippen LogP contribution in [0.3, 0.4) is 0 Å². The van der Waals surface area contributed by atoms with Crippen LogP contribution in [0.1, 0.15) is 27.7 Å². The summed E-state index contributed by atoms with van der Waals surface area (Å²) < 4.78 is 5.05. The molecule has 7 heteroatoms. The van der Waals surface area contributed by atoms with Gasteiger partial charge in [0.25, 0.3) is 0 Å². The highest BCUT2D eigenvalue weighted by molar-refractivity contribution is 5.90. The minimum Gasteiger partial charge on any atom is -0.354 e. The third-order valence-electron chi connectivity index (χ3n) is 4.89. The van der Waals surface area contributed by atoms with Crippen LogP contribution in [0.25, 0.3) is 11.4 Å². The van der Waals surface area contributed by atoms with Gasteiger partial charge in [0.1, 0.15) is 0 Å². The minimum atomic E-state index is -0.489. The topological polar surface area (TPSA) is 97.1 Å². The average Bonchev–Trinajstić information content (AvgIpc) is 3.34. The van der Waals surface area contributed by atoms with Gasteiger partial charge in [-0.1, -0.05) is 96.2 Å². The molecule has 160 valence electrons. The average molecular weight is 426 g/mol. The molecule has 32 heavy (non-hydrogen) atoms. The Morgan fingerprint density at radius 2 is 1.28 bits per heavy atom. The van der Waals surface area contributed by atoms with Crippen molar-refractivity contribution in [3.05, 3.63) is 108 Å². The van der Waals surface area contributed by atoms with E-state index in [1.165, 1.54) is 0 Å². The molecule has 0 atom stereocenters. The Hall–Kier alpha value is -4.26. The maximum atomic E-state index is 13.0. The molecular formula is C25H22N4O3. The lowest BCUT2D eigenvalue weighted by atomic mass is 9.90. The van der Waals surface area contributed by atoms with Crippen molar-refractivity contribution in [2.75, 3.05) is 13.1 Å². The van der Waals surface area contributed by atoms with Gasteiger partial charge in [0, 0.05) is 18.7 Å². The Morgan fingerprint density at radius 1 is 0.750 bits per heavy atom. The summed E-state index contributed by atoms with van der Waals surface area (Å²) in [5, 5.41) is 9.42. The molecule has 0 aliphatic rings. The molecule has 0 saturated heterocycles. The van der Waals surface area contributed by atoms with Crippen molar-refractivity contribution in [1.82, 2.24) is 20.8 Å². The summed E-state index contributed by atoms with van der Waals surface area (Å²) in [6, 6.07) is 28.4.